The van der Waals surface area contributed by atoms with E-state index in [9.17, 15) is 4.39 Å². The molecule has 1 fully saturated rings. The number of aliphatic hydroxyl groups is 1. The predicted molar refractivity (Wildman–Crippen MR) is 31.0 cm³/mol. The summed E-state index contributed by atoms with van der Waals surface area (Å²) in [4.78, 5) is 0. The third kappa shape index (κ3) is 1.91. The quantitative estimate of drug-likeness (QED) is 0.565. The highest BCUT2D eigenvalue weighted by Crippen LogP contribution is 2.15. The first-order valence-electron chi connectivity index (χ1n) is 3.19. The van der Waals surface area contributed by atoms with Gasteiger partial charge in [-0.3, -0.25) is 0 Å². The summed E-state index contributed by atoms with van der Waals surface area (Å²) in [5.41, 5.74) is 0. The van der Waals surface area contributed by atoms with Crippen LogP contribution in [0.2, 0.25) is 0 Å². The number of aliphatic hydroxyl groups excluding tert-OH is 1. The molecule has 1 unspecified atom stereocenters. The van der Waals surface area contributed by atoms with Gasteiger partial charge in [-0.15, -0.1) is 0 Å². The van der Waals surface area contributed by atoms with Crippen molar-refractivity contribution in [1.82, 2.24) is 0 Å². The fraction of sp³-hybridized carbons (Fsp3) is 1.00. The van der Waals surface area contributed by atoms with Crippen LogP contribution in [-0.4, -0.2) is 30.6 Å². The Bertz CT molecular complexity index is 87.1. The lowest BCUT2D eigenvalue weighted by molar-refractivity contribution is -0.0441. The highest BCUT2D eigenvalue weighted by molar-refractivity contribution is 4.69. The normalized spacial score (nSPS) is 36.7. The van der Waals surface area contributed by atoms with Gasteiger partial charge in [-0.25, -0.2) is 4.39 Å². The van der Waals surface area contributed by atoms with Gasteiger partial charge >= 0.3 is 0 Å². The highest BCUT2D eigenvalue weighted by atomic mass is 19.1. The lowest BCUT2D eigenvalue weighted by Gasteiger charge is -2.23. The van der Waals surface area contributed by atoms with Crippen LogP contribution in [0.1, 0.15) is 12.8 Å². The van der Waals surface area contributed by atoms with Gasteiger partial charge in [0.05, 0.1) is 12.7 Å². The van der Waals surface area contributed by atoms with Gasteiger partial charge in [0, 0.05) is 19.4 Å². The van der Waals surface area contributed by atoms with E-state index in [1.807, 2.05) is 0 Å². The third-order valence-electron chi connectivity index (χ3n) is 1.51. The van der Waals surface area contributed by atoms with Crippen LogP contribution in [0.15, 0.2) is 0 Å². The molecule has 0 radical (unpaired) electrons. The maximum atomic E-state index is 12.4. The average Bonchev–Trinajstić information content (AvgIpc) is 1.88. The van der Waals surface area contributed by atoms with Gasteiger partial charge in [0.2, 0.25) is 0 Å². The minimum Gasteiger partial charge on any atom is -0.394 e. The fourth-order valence-corrected chi connectivity index (χ4v) is 0.961. The minimum absolute atomic E-state index is 0.0551. The minimum atomic E-state index is -0.768. The van der Waals surface area contributed by atoms with Crippen LogP contribution in [0.25, 0.3) is 0 Å². The molecule has 2 nitrogen and oxygen atoms in total. The smallest absolute Gasteiger partial charge is 0.105 e. The number of rotatable bonds is 1. The van der Waals surface area contributed by atoms with Gasteiger partial charge in [-0.2, -0.15) is 0 Å². The number of alkyl halides is 1. The van der Waals surface area contributed by atoms with Gasteiger partial charge in [0.25, 0.3) is 0 Å². The van der Waals surface area contributed by atoms with Crippen molar-refractivity contribution >= 4 is 0 Å². The molecular weight excluding hydrogens is 123 g/mol. The summed E-state index contributed by atoms with van der Waals surface area (Å²) in [6, 6.07) is 0. The summed E-state index contributed by atoms with van der Waals surface area (Å²) >= 11 is 0. The van der Waals surface area contributed by atoms with E-state index in [1.165, 1.54) is 0 Å². The molecule has 1 aliphatic heterocycles. The molecule has 54 valence electrons. The van der Waals surface area contributed by atoms with Crippen molar-refractivity contribution in [3.05, 3.63) is 0 Å². The van der Waals surface area contributed by atoms with Crippen molar-refractivity contribution in [2.75, 3.05) is 13.2 Å². The summed E-state index contributed by atoms with van der Waals surface area (Å²) in [7, 11) is 0. The van der Waals surface area contributed by atoms with Crippen LogP contribution in [-0.2, 0) is 4.74 Å². The molecule has 1 saturated heterocycles. The van der Waals surface area contributed by atoms with Crippen LogP contribution in [0, 0.1) is 0 Å². The zero-order valence-electron chi connectivity index (χ0n) is 5.22. The van der Waals surface area contributed by atoms with Gasteiger partial charge in [-0.1, -0.05) is 0 Å². The Balaban J connectivity index is 2.23. The van der Waals surface area contributed by atoms with E-state index in [2.05, 4.69) is 0 Å². The van der Waals surface area contributed by atoms with E-state index >= 15 is 0 Å². The fourth-order valence-electron chi connectivity index (χ4n) is 0.961. The first-order chi connectivity index (χ1) is 4.33. The van der Waals surface area contributed by atoms with E-state index in [1.54, 1.807) is 0 Å². The van der Waals surface area contributed by atoms with Gasteiger partial charge < -0.3 is 9.84 Å². The predicted octanol–water partition coefficient (Wildman–Crippen LogP) is 0.496. The third-order valence-corrected chi connectivity index (χ3v) is 1.51. The standard InChI is InChI=1S/C6H11FO2/c7-5-1-2-9-6(3-5)4-8/h5-6,8H,1-4H2/t5?,6-/m0/s1. The summed E-state index contributed by atoms with van der Waals surface area (Å²) in [5.74, 6) is 0. The van der Waals surface area contributed by atoms with Crippen molar-refractivity contribution in [3.8, 4) is 0 Å². The van der Waals surface area contributed by atoms with Crippen molar-refractivity contribution in [2.45, 2.75) is 25.1 Å². The largest absolute Gasteiger partial charge is 0.394 e. The molecule has 0 amide bonds. The Morgan fingerprint density at radius 1 is 1.67 bits per heavy atom. The van der Waals surface area contributed by atoms with Crippen LogP contribution < -0.4 is 0 Å². The molecule has 3 heteroatoms. The van der Waals surface area contributed by atoms with E-state index in [4.69, 9.17) is 9.84 Å². The van der Waals surface area contributed by atoms with Gasteiger partial charge in [0.1, 0.15) is 6.17 Å². The second-order valence-electron chi connectivity index (χ2n) is 2.30. The molecule has 1 aliphatic rings. The number of ether oxygens (including phenoxy) is 1. The molecule has 0 spiro atoms. The Labute approximate surface area is 53.6 Å². The first kappa shape index (κ1) is 6.96. The van der Waals surface area contributed by atoms with Crippen molar-refractivity contribution in [3.63, 3.8) is 0 Å². The lowest BCUT2D eigenvalue weighted by atomic mass is 10.1. The summed E-state index contributed by atoms with van der Waals surface area (Å²) < 4.78 is 17.4. The Hall–Kier alpha value is -0.150. The van der Waals surface area contributed by atoms with E-state index in [0.29, 0.717) is 19.4 Å². The monoisotopic (exact) mass is 134 g/mol. The Morgan fingerprint density at radius 3 is 2.89 bits per heavy atom. The zero-order valence-corrected chi connectivity index (χ0v) is 5.22. The van der Waals surface area contributed by atoms with Crippen LogP contribution in [0.4, 0.5) is 4.39 Å². The van der Waals surface area contributed by atoms with Gasteiger partial charge in [-0.05, 0) is 0 Å². The number of halogens is 1. The first-order valence-corrected chi connectivity index (χ1v) is 3.19. The second kappa shape index (κ2) is 3.13. The van der Waals surface area contributed by atoms with E-state index in [0.717, 1.165) is 0 Å². The molecular formula is C6H11FO2. The molecule has 9 heavy (non-hydrogen) atoms. The van der Waals surface area contributed by atoms with Crippen LogP contribution in [0.5, 0.6) is 0 Å². The molecule has 1 rings (SSSR count). The average molecular weight is 134 g/mol. The molecule has 1 heterocycles. The Morgan fingerprint density at radius 2 is 2.44 bits per heavy atom. The number of hydrogen-bond donors (Lipinski definition) is 1. The molecule has 0 aromatic carbocycles. The summed E-state index contributed by atoms with van der Waals surface area (Å²) in [5, 5.41) is 8.52. The lowest BCUT2D eigenvalue weighted by Crippen LogP contribution is -2.29. The van der Waals surface area contributed by atoms with Crippen LogP contribution >= 0.6 is 0 Å². The highest BCUT2D eigenvalue weighted by Gasteiger charge is 2.20. The molecule has 0 aromatic heterocycles. The number of hydrogen-bond acceptors (Lipinski definition) is 2. The van der Waals surface area contributed by atoms with E-state index < -0.39 is 6.17 Å². The molecule has 0 saturated carbocycles. The SMILES string of the molecule is OC[C@@H]1CC(F)CCO1. The Kier molecular flexibility index (Phi) is 2.42. The van der Waals surface area contributed by atoms with Crippen molar-refractivity contribution in [1.29, 1.82) is 0 Å². The van der Waals surface area contributed by atoms with Crippen LogP contribution in [0.3, 0.4) is 0 Å². The summed E-state index contributed by atoms with van der Waals surface area (Å²) in [6.45, 7) is 0.396. The van der Waals surface area contributed by atoms with Gasteiger partial charge in [0.15, 0.2) is 0 Å². The topological polar surface area (TPSA) is 29.5 Å². The van der Waals surface area contributed by atoms with Crippen molar-refractivity contribution < 1.29 is 14.2 Å². The van der Waals surface area contributed by atoms with Crippen molar-refractivity contribution in [2.24, 2.45) is 0 Å². The molecule has 1 N–H and O–H groups in total. The molecule has 0 aliphatic carbocycles. The van der Waals surface area contributed by atoms with E-state index in [-0.39, 0.29) is 12.7 Å². The zero-order chi connectivity index (χ0) is 6.69. The molecule has 2 atom stereocenters. The maximum absolute atomic E-state index is 12.4. The summed E-state index contributed by atoms with van der Waals surface area (Å²) in [6.07, 6.45) is -0.183. The molecule has 0 bridgehead atoms. The molecule has 0 aromatic rings. The second-order valence-corrected chi connectivity index (χ2v) is 2.30. The maximum Gasteiger partial charge on any atom is 0.105 e.